The van der Waals surface area contributed by atoms with Crippen LogP contribution in [0.2, 0.25) is 0 Å². The van der Waals surface area contributed by atoms with E-state index >= 15 is 0 Å². The molecule has 110 valence electrons. The van der Waals surface area contributed by atoms with Gasteiger partial charge in [0.05, 0.1) is 19.3 Å². The third-order valence-electron chi connectivity index (χ3n) is 3.33. The van der Waals surface area contributed by atoms with E-state index in [0.717, 1.165) is 24.5 Å². The molecular formula is C15H22N2O3. The Morgan fingerprint density at radius 2 is 2.10 bits per heavy atom. The number of rotatable bonds is 3. The summed E-state index contributed by atoms with van der Waals surface area (Å²) in [5.74, 6) is 0. The van der Waals surface area contributed by atoms with Crippen LogP contribution in [0.1, 0.15) is 20.8 Å². The van der Waals surface area contributed by atoms with Crippen molar-refractivity contribution in [3.63, 3.8) is 0 Å². The van der Waals surface area contributed by atoms with E-state index in [-0.39, 0.29) is 6.10 Å². The third kappa shape index (κ3) is 3.63. The molecule has 1 amide bonds. The smallest absolute Gasteiger partial charge is 0.411 e. The molecule has 0 radical (unpaired) electrons. The summed E-state index contributed by atoms with van der Waals surface area (Å²) in [5.41, 5.74) is 1.88. The maximum atomic E-state index is 11.3. The lowest BCUT2D eigenvalue weighted by atomic mass is 10.1. The highest BCUT2D eigenvalue weighted by Gasteiger charge is 2.23. The van der Waals surface area contributed by atoms with Gasteiger partial charge in [-0.3, -0.25) is 5.32 Å². The highest BCUT2D eigenvalue weighted by atomic mass is 16.5. The number of ether oxygens (including phenoxy) is 2. The van der Waals surface area contributed by atoms with Crippen molar-refractivity contribution in [3.05, 3.63) is 24.3 Å². The molecule has 0 spiro atoms. The molecule has 1 aliphatic rings. The Hall–Kier alpha value is -1.75. The monoisotopic (exact) mass is 278 g/mol. The zero-order valence-electron chi connectivity index (χ0n) is 12.3. The van der Waals surface area contributed by atoms with Crippen LogP contribution in [0.4, 0.5) is 16.2 Å². The molecule has 1 aliphatic heterocycles. The van der Waals surface area contributed by atoms with Crippen LogP contribution in [-0.2, 0) is 9.47 Å². The van der Waals surface area contributed by atoms with Crippen LogP contribution < -0.4 is 10.2 Å². The zero-order chi connectivity index (χ0) is 14.5. The van der Waals surface area contributed by atoms with E-state index in [2.05, 4.69) is 24.1 Å². The van der Waals surface area contributed by atoms with Gasteiger partial charge < -0.3 is 14.4 Å². The normalized spacial score (nSPS) is 22.4. The minimum Gasteiger partial charge on any atom is -0.450 e. The predicted octanol–water partition coefficient (Wildman–Crippen LogP) is 2.87. The van der Waals surface area contributed by atoms with E-state index in [1.54, 1.807) is 6.92 Å². The maximum Gasteiger partial charge on any atom is 0.411 e. The van der Waals surface area contributed by atoms with Crippen molar-refractivity contribution in [1.82, 2.24) is 0 Å². The lowest BCUT2D eigenvalue weighted by Gasteiger charge is -2.38. The van der Waals surface area contributed by atoms with E-state index in [1.807, 2.05) is 24.3 Å². The second kappa shape index (κ2) is 6.61. The van der Waals surface area contributed by atoms with Crippen molar-refractivity contribution in [2.45, 2.75) is 32.9 Å². The Balaban J connectivity index is 2.02. The number of carbonyl (C=O) groups excluding carboxylic acids is 1. The Kier molecular flexibility index (Phi) is 4.84. The second-order valence-electron chi connectivity index (χ2n) is 5.04. The molecular weight excluding hydrogens is 256 g/mol. The number of carbonyl (C=O) groups is 1. The van der Waals surface area contributed by atoms with Crippen molar-refractivity contribution < 1.29 is 14.3 Å². The lowest BCUT2D eigenvalue weighted by molar-refractivity contribution is 0.0344. The number of hydrogen-bond acceptors (Lipinski definition) is 4. The van der Waals surface area contributed by atoms with Crippen molar-refractivity contribution in [3.8, 4) is 0 Å². The van der Waals surface area contributed by atoms with Gasteiger partial charge in [-0.15, -0.1) is 0 Å². The molecule has 5 nitrogen and oxygen atoms in total. The first kappa shape index (κ1) is 14.7. The van der Waals surface area contributed by atoms with Gasteiger partial charge in [0.1, 0.15) is 0 Å². The highest BCUT2D eigenvalue weighted by Crippen LogP contribution is 2.23. The molecule has 1 fully saturated rings. The predicted molar refractivity (Wildman–Crippen MR) is 79.3 cm³/mol. The minimum atomic E-state index is -0.423. The van der Waals surface area contributed by atoms with Crippen LogP contribution in [0.3, 0.4) is 0 Å². The molecule has 0 aliphatic carbocycles. The molecule has 2 rings (SSSR count). The van der Waals surface area contributed by atoms with E-state index in [0.29, 0.717) is 12.6 Å². The molecule has 2 atom stereocenters. The SMILES string of the molecule is CCOC(=O)Nc1ccc(N2CC(C)OCC2C)cc1. The first-order valence-corrected chi connectivity index (χ1v) is 7.02. The lowest BCUT2D eigenvalue weighted by Crippen LogP contribution is -2.47. The van der Waals surface area contributed by atoms with Crippen molar-refractivity contribution in [1.29, 1.82) is 0 Å². The standard InChI is InChI=1S/C15H22N2O3/c1-4-19-15(18)16-13-5-7-14(8-6-13)17-9-12(3)20-10-11(17)2/h5-8,11-12H,4,9-10H2,1-3H3,(H,16,18). The van der Waals surface area contributed by atoms with E-state index < -0.39 is 6.09 Å². The van der Waals surface area contributed by atoms with Gasteiger partial charge in [0.2, 0.25) is 0 Å². The van der Waals surface area contributed by atoms with Gasteiger partial charge in [-0.25, -0.2) is 4.79 Å². The van der Waals surface area contributed by atoms with Crippen LogP contribution in [0.25, 0.3) is 0 Å². The van der Waals surface area contributed by atoms with Gasteiger partial charge in [-0.05, 0) is 45.0 Å². The first-order valence-electron chi connectivity index (χ1n) is 7.02. The molecule has 0 saturated carbocycles. The molecule has 0 aromatic heterocycles. The number of benzene rings is 1. The van der Waals surface area contributed by atoms with Gasteiger partial charge in [0, 0.05) is 24.0 Å². The van der Waals surface area contributed by atoms with Gasteiger partial charge in [0.15, 0.2) is 0 Å². The van der Waals surface area contributed by atoms with Crippen LogP contribution in [0, 0.1) is 0 Å². The Bertz CT molecular complexity index is 447. The number of hydrogen-bond donors (Lipinski definition) is 1. The molecule has 1 saturated heterocycles. The highest BCUT2D eigenvalue weighted by molar-refractivity contribution is 5.84. The number of amides is 1. The molecule has 1 aromatic carbocycles. The summed E-state index contributed by atoms with van der Waals surface area (Å²) in [7, 11) is 0. The number of nitrogens with zero attached hydrogens (tertiary/aromatic N) is 1. The largest absolute Gasteiger partial charge is 0.450 e. The Morgan fingerprint density at radius 3 is 2.75 bits per heavy atom. The quantitative estimate of drug-likeness (QED) is 0.923. The second-order valence-corrected chi connectivity index (χ2v) is 5.04. The summed E-state index contributed by atoms with van der Waals surface area (Å²) in [6, 6.07) is 8.15. The van der Waals surface area contributed by atoms with Crippen LogP contribution in [0.5, 0.6) is 0 Å². The molecule has 1 aromatic rings. The molecule has 0 bridgehead atoms. The molecule has 20 heavy (non-hydrogen) atoms. The third-order valence-corrected chi connectivity index (χ3v) is 3.33. The average molecular weight is 278 g/mol. The summed E-state index contributed by atoms with van der Waals surface area (Å²) in [6.07, 6.45) is -0.183. The van der Waals surface area contributed by atoms with Crippen LogP contribution in [-0.4, -0.2) is 38.0 Å². The van der Waals surface area contributed by atoms with Gasteiger partial charge in [-0.2, -0.15) is 0 Å². The molecule has 5 heteroatoms. The maximum absolute atomic E-state index is 11.3. The minimum absolute atomic E-state index is 0.239. The summed E-state index contributed by atoms with van der Waals surface area (Å²) < 4.78 is 10.5. The zero-order valence-corrected chi connectivity index (χ0v) is 12.3. The molecule has 2 unspecified atom stereocenters. The average Bonchev–Trinajstić information content (AvgIpc) is 2.43. The van der Waals surface area contributed by atoms with Gasteiger partial charge >= 0.3 is 6.09 Å². The first-order chi connectivity index (χ1) is 9.60. The summed E-state index contributed by atoms with van der Waals surface area (Å²) in [6.45, 7) is 8.00. The Labute approximate surface area is 119 Å². The summed E-state index contributed by atoms with van der Waals surface area (Å²) in [4.78, 5) is 13.7. The fourth-order valence-electron chi connectivity index (χ4n) is 2.28. The van der Waals surface area contributed by atoms with Crippen molar-refractivity contribution in [2.24, 2.45) is 0 Å². The topological polar surface area (TPSA) is 50.8 Å². The molecule has 1 heterocycles. The van der Waals surface area contributed by atoms with E-state index in [1.165, 1.54) is 0 Å². The van der Waals surface area contributed by atoms with Gasteiger partial charge in [-0.1, -0.05) is 0 Å². The summed E-state index contributed by atoms with van der Waals surface area (Å²) >= 11 is 0. The van der Waals surface area contributed by atoms with Crippen LogP contribution >= 0.6 is 0 Å². The Morgan fingerprint density at radius 1 is 1.40 bits per heavy atom. The fraction of sp³-hybridized carbons (Fsp3) is 0.533. The van der Waals surface area contributed by atoms with Crippen molar-refractivity contribution >= 4 is 17.5 Å². The van der Waals surface area contributed by atoms with E-state index in [9.17, 15) is 4.79 Å². The fourth-order valence-corrected chi connectivity index (χ4v) is 2.28. The van der Waals surface area contributed by atoms with Crippen molar-refractivity contribution in [2.75, 3.05) is 30.0 Å². The molecule has 1 N–H and O–H groups in total. The summed E-state index contributed by atoms with van der Waals surface area (Å²) in [5, 5.41) is 2.69. The van der Waals surface area contributed by atoms with Gasteiger partial charge in [0.25, 0.3) is 0 Å². The number of morpholine rings is 1. The van der Waals surface area contributed by atoms with Crippen LogP contribution in [0.15, 0.2) is 24.3 Å². The number of nitrogens with one attached hydrogen (secondary N) is 1. The number of anilines is 2. The van der Waals surface area contributed by atoms with E-state index in [4.69, 9.17) is 9.47 Å².